The lowest BCUT2D eigenvalue weighted by atomic mass is 10.2. The van der Waals surface area contributed by atoms with Crippen LogP contribution in [0.2, 0.25) is 0 Å². The Hall–Kier alpha value is -1.22. The van der Waals surface area contributed by atoms with Crippen LogP contribution in [0.25, 0.3) is 0 Å². The first kappa shape index (κ1) is 22.8. The first-order valence-electron chi connectivity index (χ1n) is 8.06. The number of nitrogens with zero attached hydrogens (tertiary/aromatic N) is 2. The topological polar surface area (TPSA) is 58.1 Å². The molecular weight excluding hydrogens is 419 g/mol. The Kier molecular flexibility index (Phi) is 12.4. The fraction of sp³-hybridized carbons (Fsp3) is 0.588. The van der Waals surface area contributed by atoms with E-state index >= 15 is 0 Å². The normalized spacial score (nSPS) is 11.0. The molecule has 0 bridgehead atoms. The second-order valence-corrected chi connectivity index (χ2v) is 5.06. The van der Waals surface area contributed by atoms with Gasteiger partial charge < -0.3 is 25.0 Å². The van der Waals surface area contributed by atoms with Crippen molar-refractivity contribution in [1.29, 1.82) is 0 Å². The summed E-state index contributed by atoms with van der Waals surface area (Å²) in [5, 5.41) is 6.64. The van der Waals surface area contributed by atoms with E-state index < -0.39 is 0 Å². The molecule has 0 aromatic heterocycles. The molecule has 1 aromatic carbocycles. The van der Waals surface area contributed by atoms with Crippen LogP contribution in [0.4, 0.5) is 0 Å². The predicted octanol–water partition coefficient (Wildman–Crippen LogP) is 2.33. The van der Waals surface area contributed by atoms with Crippen molar-refractivity contribution in [1.82, 2.24) is 15.5 Å². The Bertz CT molecular complexity index is 493. The van der Waals surface area contributed by atoms with Gasteiger partial charge in [0.15, 0.2) is 5.96 Å². The number of halogens is 1. The maximum absolute atomic E-state index is 5.41. The van der Waals surface area contributed by atoms with E-state index in [0.717, 1.165) is 49.2 Å². The molecule has 2 N–H and O–H groups in total. The summed E-state index contributed by atoms with van der Waals surface area (Å²) < 4.78 is 10.6. The number of ether oxygens (including phenoxy) is 2. The van der Waals surface area contributed by atoms with Gasteiger partial charge in [-0.15, -0.1) is 24.0 Å². The number of rotatable bonds is 9. The molecule has 7 heteroatoms. The Morgan fingerprint density at radius 2 is 1.83 bits per heavy atom. The van der Waals surface area contributed by atoms with Gasteiger partial charge in [0.05, 0.1) is 14.2 Å². The number of nitrogens with one attached hydrogen (secondary N) is 2. The van der Waals surface area contributed by atoms with Gasteiger partial charge in [0.25, 0.3) is 0 Å². The minimum absolute atomic E-state index is 0. The molecular formula is C17H31IN4O2. The molecule has 0 atom stereocenters. The number of methoxy groups -OCH3 is 2. The van der Waals surface area contributed by atoms with Crippen LogP contribution in [0, 0.1) is 0 Å². The molecule has 0 unspecified atom stereocenters. The van der Waals surface area contributed by atoms with Crippen LogP contribution in [-0.2, 0) is 6.54 Å². The maximum Gasteiger partial charge on any atom is 0.191 e. The highest BCUT2D eigenvalue weighted by atomic mass is 127. The number of likely N-dealkylation sites (N-methyl/N-ethyl adjacent to an activating group) is 1. The molecule has 0 aliphatic rings. The van der Waals surface area contributed by atoms with Crippen molar-refractivity contribution >= 4 is 29.9 Å². The van der Waals surface area contributed by atoms with Crippen LogP contribution in [0.3, 0.4) is 0 Å². The van der Waals surface area contributed by atoms with E-state index in [4.69, 9.17) is 9.47 Å². The van der Waals surface area contributed by atoms with Crippen LogP contribution in [0.15, 0.2) is 23.2 Å². The molecule has 138 valence electrons. The minimum Gasteiger partial charge on any atom is -0.497 e. The first-order chi connectivity index (χ1) is 11.2. The summed E-state index contributed by atoms with van der Waals surface area (Å²) in [4.78, 5) is 6.62. The van der Waals surface area contributed by atoms with Gasteiger partial charge in [0.2, 0.25) is 0 Å². The van der Waals surface area contributed by atoms with Crippen molar-refractivity contribution in [2.45, 2.75) is 20.4 Å². The smallest absolute Gasteiger partial charge is 0.191 e. The molecule has 0 saturated carbocycles. The van der Waals surface area contributed by atoms with E-state index in [2.05, 4.69) is 34.4 Å². The lowest BCUT2D eigenvalue weighted by molar-refractivity contribution is 0.308. The zero-order valence-corrected chi connectivity index (χ0v) is 17.7. The molecule has 1 rings (SSSR count). The van der Waals surface area contributed by atoms with E-state index in [-0.39, 0.29) is 24.0 Å². The van der Waals surface area contributed by atoms with Crippen molar-refractivity contribution in [2.24, 2.45) is 4.99 Å². The third-order valence-electron chi connectivity index (χ3n) is 3.78. The summed E-state index contributed by atoms with van der Waals surface area (Å²) in [5.41, 5.74) is 1.06. The van der Waals surface area contributed by atoms with Gasteiger partial charge in [-0.25, -0.2) is 0 Å². The largest absolute Gasteiger partial charge is 0.497 e. The minimum atomic E-state index is 0. The molecule has 0 saturated heterocycles. The Morgan fingerprint density at radius 1 is 1.12 bits per heavy atom. The Balaban J connectivity index is 0.00000529. The number of guanidine groups is 1. The summed E-state index contributed by atoms with van der Waals surface area (Å²) in [6, 6.07) is 5.80. The number of hydrogen-bond acceptors (Lipinski definition) is 4. The summed E-state index contributed by atoms with van der Waals surface area (Å²) in [6.07, 6.45) is 0. The molecule has 0 radical (unpaired) electrons. The van der Waals surface area contributed by atoms with Crippen LogP contribution in [0.5, 0.6) is 11.5 Å². The highest BCUT2D eigenvalue weighted by molar-refractivity contribution is 14.0. The summed E-state index contributed by atoms with van der Waals surface area (Å²) in [6.45, 7) is 8.97. The molecule has 0 aliphatic carbocycles. The van der Waals surface area contributed by atoms with E-state index in [1.165, 1.54) is 0 Å². The molecule has 24 heavy (non-hydrogen) atoms. The van der Waals surface area contributed by atoms with E-state index in [1.807, 2.05) is 18.2 Å². The van der Waals surface area contributed by atoms with Gasteiger partial charge in [-0.05, 0) is 25.2 Å². The lowest BCUT2D eigenvalue weighted by Crippen LogP contribution is -2.41. The van der Waals surface area contributed by atoms with Crippen LogP contribution in [0.1, 0.15) is 19.4 Å². The average Bonchev–Trinajstić information content (AvgIpc) is 2.61. The van der Waals surface area contributed by atoms with Crippen LogP contribution < -0.4 is 20.1 Å². The molecule has 0 amide bonds. The summed E-state index contributed by atoms with van der Waals surface area (Å²) in [5.74, 6) is 2.37. The predicted molar refractivity (Wildman–Crippen MR) is 111 cm³/mol. The molecule has 0 aliphatic heterocycles. The monoisotopic (exact) mass is 450 g/mol. The molecule has 0 spiro atoms. The lowest BCUT2D eigenvalue weighted by Gasteiger charge is -2.19. The van der Waals surface area contributed by atoms with Crippen molar-refractivity contribution in [3.8, 4) is 11.5 Å². The fourth-order valence-electron chi connectivity index (χ4n) is 2.27. The van der Waals surface area contributed by atoms with Gasteiger partial charge in [0, 0.05) is 38.3 Å². The van der Waals surface area contributed by atoms with E-state index in [9.17, 15) is 0 Å². The summed E-state index contributed by atoms with van der Waals surface area (Å²) >= 11 is 0. The maximum atomic E-state index is 5.41. The second-order valence-electron chi connectivity index (χ2n) is 5.06. The van der Waals surface area contributed by atoms with Crippen LogP contribution >= 0.6 is 24.0 Å². The third kappa shape index (κ3) is 7.57. The van der Waals surface area contributed by atoms with Gasteiger partial charge in [0.1, 0.15) is 11.5 Å². The zero-order chi connectivity index (χ0) is 17.1. The van der Waals surface area contributed by atoms with Gasteiger partial charge in [-0.1, -0.05) is 13.8 Å². The number of aliphatic imine (C=N–C) groups is 1. The quantitative estimate of drug-likeness (QED) is 0.344. The SMILES string of the molecule is CCN(CC)CCNC(=NC)NCc1ccc(OC)cc1OC.I. The second kappa shape index (κ2) is 13.1. The van der Waals surface area contributed by atoms with Gasteiger partial charge in [-0.3, -0.25) is 4.99 Å². The highest BCUT2D eigenvalue weighted by Gasteiger charge is 2.06. The van der Waals surface area contributed by atoms with Crippen LogP contribution in [-0.4, -0.2) is 58.3 Å². The first-order valence-corrected chi connectivity index (χ1v) is 8.06. The molecule has 6 nitrogen and oxygen atoms in total. The van der Waals surface area contributed by atoms with Crippen molar-refractivity contribution in [2.75, 3.05) is 47.4 Å². The Morgan fingerprint density at radius 3 is 2.38 bits per heavy atom. The molecule has 0 fully saturated rings. The highest BCUT2D eigenvalue weighted by Crippen LogP contribution is 2.24. The standard InChI is InChI=1S/C17H30N4O2.HI/c1-6-21(7-2)11-10-19-17(18-3)20-13-14-8-9-15(22-4)12-16(14)23-5;/h8-9,12H,6-7,10-11,13H2,1-5H3,(H2,18,19,20);1H. The van der Waals surface area contributed by atoms with Crippen molar-refractivity contribution < 1.29 is 9.47 Å². The zero-order valence-electron chi connectivity index (χ0n) is 15.4. The molecule has 1 aromatic rings. The van der Waals surface area contributed by atoms with Crippen molar-refractivity contribution in [3.63, 3.8) is 0 Å². The molecule has 0 heterocycles. The van der Waals surface area contributed by atoms with Crippen molar-refractivity contribution in [3.05, 3.63) is 23.8 Å². The van der Waals surface area contributed by atoms with E-state index in [0.29, 0.717) is 6.54 Å². The fourth-order valence-corrected chi connectivity index (χ4v) is 2.27. The third-order valence-corrected chi connectivity index (χ3v) is 3.78. The van der Waals surface area contributed by atoms with Gasteiger partial charge >= 0.3 is 0 Å². The number of hydrogen-bond donors (Lipinski definition) is 2. The number of benzene rings is 1. The Labute approximate surface area is 163 Å². The van der Waals surface area contributed by atoms with Gasteiger partial charge in [-0.2, -0.15) is 0 Å². The van der Waals surface area contributed by atoms with E-state index in [1.54, 1.807) is 21.3 Å². The summed E-state index contributed by atoms with van der Waals surface area (Å²) in [7, 11) is 5.09. The average molecular weight is 450 g/mol.